The summed E-state index contributed by atoms with van der Waals surface area (Å²) >= 11 is 0. The average Bonchev–Trinajstić information content (AvgIpc) is 2.36. The van der Waals surface area contributed by atoms with Crippen LogP contribution in [0, 0.1) is 5.92 Å². The van der Waals surface area contributed by atoms with E-state index in [9.17, 15) is 0 Å². The quantitative estimate of drug-likeness (QED) is 0.776. The molecule has 0 aliphatic heterocycles. The topological polar surface area (TPSA) is 38.5 Å². The zero-order valence-electron chi connectivity index (χ0n) is 12.0. The standard InChI is InChI=1S/C14H30N2O/c1-5-14(10-15,11-17-4)16(3)13-8-6-12(2)7-9-13/h12-13H,5-11,15H2,1-4H3. The molecule has 0 radical (unpaired) electrons. The zero-order valence-corrected chi connectivity index (χ0v) is 12.0. The third kappa shape index (κ3) is 3.43. The fraction of sp³-hybridized carbons (Fsp3) is 1.00. The van der Waals surface area contributed by atoms with E-state index in [0.29, 0.717) is 12.6 Å². The summed E-state index contributed by atoms with van der Waals surface area (Å²) in [5, 5.41) is 0. The van der Waals surface area contributed by atoms with Gasteiger partial charge >= 0.3 is 0 Å². The molecule has 0 heterocycles. The van der Waals surface area contributed by atoms with Gasteiger partial charge in [0.25, 0.3) is 0 Å². The first kappa shape index (κ1) is 14.9. The molecule has 17 heavy (non-hydrogen) atoms. The van der Waals surface area contributed by atoms with Gasteiger partial charge in [-0.15, -0.1) is 0 Å². The lowest BCUT2D eigenvalue weighted by molar-refractivity contribution is -0.00962. The van der Waals surface area contributed by atoms with Gasteiger partial charge in [-0.1, -0.05) is 13.8 Å². The van der Waals surface area contributed by atoms with Crippen LogP contribution in [0.3, 0.4) is 0 Å². The summed E-state index contributed by atoms with van der Waals surface area (Å²) in [6, 6.07) is 0.685. The van der Waals surface area contributed by atoms with E-state index in [1.807, 2.05) is 0 Å². The Kier molecular flexibility index (Phi) is 5.90. The first-order valence-electron chi connectivity index (χ1n) is 7.01. The Morgan fingerprint density at radius 3 is 2.29 bits per heavy atom. The van der Waals surface area contributed by atoms with Gasteiger partial charge in [0.1, 0.15) is 0 Å². The van der Waals surface area contributed by atoms with Crippen molar-refractivity contribution in [1.29, 1.82) is 0 Å². The molecule has 0 bridgehead atoms. The fourth-order valence-corrected chi connectivity index (χ4v) is 3.09. The van der Waals surface area contributed by atoms with Crippen LogP contribution in [0.15, 0.2) is 0 Å². The van der Waals surface area contributed by atoms with Crippen molar-refractivity contribution < 1.29 is 4.74 Å². The molecule has 3 heteroatoms. The largest absolute Gasteiger partial charge is 0.383 e. The van der Waals surface area contributed by atoms with Crippen molar-refractivity contribution in [2.24, 2.45) is 11.7 Å². The van der Waals surface area contributed by atoms with Gasteiger partial charge in [0, 0.05) is 19.7 Å². The third-order valence-corrected chi connectivity index (χ3v) is 4.73. The molecule has 3 nitrogen and oxygen atoms in total. The molecule has 0 aromatic heterocycles. The molecule has 1 aliphatic carbocycles. The molecule has 1 aliphatic rings. The van der Waals surface area contributed by atoms with Gasteiger partial charge in [-0.05, 0) is 45.1 Å². The van der Waals surface area contributed by atoms with Crippen LogP contribution >= 0.6 is 0 Å². The maximum absolute atomic E-state index is 6.02. The lowest BCUT2D eigenvalue weighted by atomic mass is 9.83. The van der Waals surface area contributed by atoms with Crippen LogP contribution in [0.2, 0.25) is 0 Å². The first-order valence-corrected chi connectivity index (χ1v) is 7.01. The number of hydrogen-bond donors (Lipinski definition) is 1. The predicted molar refractivity (Wildman–Crippen MR) is 73.1 cm³/mol. The Hall–Kier alpha value is -0.120. The summed E-state index contributed by atoms with van der Waals surface area (Å²) in [6.07, 6.45) is 6.38. The minimum Gasteiger partial charge on any atom is -0.383 e. The van der Waals surface area contributed by atoms with E-state index in [-0.39, 0.29) is 5.54 Å². The highest BCUT2D eigenvalue weighted by atomic mass is 16.5. The Balaban J connectivity index is 2.66. The van der Waals surface area contributed by atoms with Crippen molar-refractivity contribution in [3.8, 4) is 0 Å². The van der Waals surface area contributed by atoms with Gasteiger partial charge in [-0.2, -0.15) is 0 Å². The second-order valence-electron chi connectivity index (χ2n) is 5.74. The van der Waals surface area contributed by atoms with Crippen LogP contribution in [0.25, 0.3) is 0 Å². The van der Waals surface area contributed by atoms with Gasteiger partial charge in [-0.25, -0.2) is 0 Å². The molecule has 1 fully saturated rings. The van der Waals surface area contributed by atoms with Crippen molar-refractivity contribution in [1.82, 2.24) is 4.90 Å². The molecule has 2 N–H and O–H groups in total. The summed E-state index contributed by atoms with van der Waals surface area (Å²) in [7, 11) is 4.01. The van der Waals surface area contributed by atoms with Crippen molar-refractivity contribution in [3.63, 3.8) is 0 Å². The SMILES string of the molecule is CCC(CN)(COC)N(C)C1CCC(C)CC1. The van der Waals surface area contributed by atoms with E-state index in [4.69, 9.17) is 10.5 Å². The number of likely N-dealkylation sites (N-methyl/N-ethyl adjacent to an activating group) is 1. The van der Waals surface area contributed by atoms with Gasteiger partial charge in [0.05, 0.1) is 12.1 Å². The van der Waals surface area contributed by atoms with E-state index >= 15 is 0 Å². The van der Waals surface area contributed by atoms with E-state index in [1.54, 1.807) is 7.11 Å². The lowest BCUT2D eigenvalue weighted by Crippen LogP contribution is -2.58. The highest BCUT2D eigenvalue weighted by molar-refractivity contribution is 4.93. The number of ether oxygens (including phenoxy) is 1. The van der Waals surface area contributed by atoms with E-state index in [1.165, 1.54) is 25.7 Å². The predicted octanol–water partition coefficient (Wildman–Crippen LogP) is 2.25. The molecule has 0 spiro atoms. The van der Waals surface area contributed by atoms with Crippen molar-refractivity contribution in [2.45, 2.75) is 57.5 Å². The maximum atomic E-state index is 6.02. The molecule has 0 aromatic rings. The normalized spacial score (nSPS) is 29.3. The molecule has 1 saturated carbocycles. The Labute approximate surface area is 107 Å². The maximum Gasteiger partial charge on any atom is 0.0658 e. The van der Waals surface area contributed by atoms with Crippen LogP contribution in [0.1, 0.15) is 46.0 Å². The molecule has 0 aromatic carbocycles. The smallest absolute Gasteiger partial charge is 0.0658 e. The van der Waals surface area contributed by atoms with Crippen molar-refractivity contribution in [3.05, 3.63) is 0 Å². The molecule has 1 rings (SSSR count). The summed E-state index contributed by atoms with van der Waals surface area (Å²) in [5.74, 6) is 0.899. The average molecular weight is 242 g/mol. The third-order valence-electron chi connectivity index (χ3n) is 4.73. The Bertz CT molecular complexity index is 208. The minimum atomic E-state index is 0.0278. The second kappa shape index (κ2) is 6.72. The van der Waals surface area contributed by atoms with Crippen LogP contribution in [0.5, 0.6) is 0 Å². The number of nitrogens with zero attached hydrogens (tertiary/aromatic N) is 1. The second-order valence-corrected chi connectivity index (χ2v) is 5.74. The Morgan fingerprint density at radius 1 is 1.29 bits per heavy atom. The van der Waals surface area contributed by atoms with Crippen LogP contribution in [-0.2, 0) is 4.74 Å². The number of methoxy groups -OCH3 is 1. The molecule has 1 atom stereocenters. The van der Waals surface area contributed by atoms with Crippen LogP contribution in [-0.4, -0.2) is 43.8 Å². The van der Waals surface area contributed by atoms with Crippen LogP contribution < -0.4 is 5.73 Å². The monoisotopic (exact) mass is 242 g/mol. The number of rotatable bonds is 6. The van der Waals surface area contributed by atoms with Crippen LogP contribution in [0.4, 0.5) is 0 Å². The van der Waals surface area contributed by atoms with E-state index < -0.39 is 0 Å². The molecular formula is C14H30N2O. The molecular weight excluding hydrogens is 212 g/mol. The highest BCUT2D eigenvalue weighted by Crippen LogP contribution is 2.31. The molecule has 0 amide bonds. The zero-order chi connectivity index (χ0) is 12.9. The van der Waals surface area contributed by atoms with Crippen molar-refractivity contribution >= 4 is 0 Å². The summed E-state index contributed by atoms with van der Waals surface area (Å²) in [6.45, 7) is 6.00. The van der Waals surface area contributed by atoms with Gasteiger partial charge < -0.3 is 10.5 Å². The summed E-state index contributed by atoms with van der Waals surface area (Å²) < 4.78 is 5.40. The fourth-order valence-electron chi connectivity index (χ4n) is 3.09. The van der Waals surface area contributed by atoms with E-state index in [0.717, 1.165) is 18.9 Å². The van der Waals surface area contributed by atoms with Gasteiger partial charge in [-0.3, -0.25) is 4.90 Å². The molecule has 102 valence electrons. The van der Waals surface area contributed by atoms with Gasteiger partial charge in [0.2, 0.25) is 0 Å². The molecule has 0 saturated heterocycles. The minimum absolute atomic E-state index is 0.0278. The van der Waals surface area contributed by atoms with Crippen molar-refractivity contribution in [2.75, 3.05) is 27.3 Å². The molecule has 1 unspecified atom stereocenters. The Morgan fingerprint density at radius 2 is 1.88 bits per heavy atom. The lowest BCUT2D eigenvalue weighted by Gasteiger charge is -2.46. The summed E-state index contributed by atoms with van der Waals surface area (Å²) in [4.78, 5) is 2.50. The van der Waals surface area contributed by atoms with E-state index in [2.05, 4.69) is 25.8 Å². The number of nitrogens with two attached hydrogens (primary N) is 1. The number of hydrogen-bond acceptors (Lipinski definition) is 3. The highest BCUT2D eigenvalue weighted by Gasteiger charge is 2.36. The first-order chi connectivity index (χ1) is 8.09. The van der Waals surface area contributed by atoms with Gasteiger partial charge in [0.15, 0.2) is 0 Å². The summed E-state index contributed by atoms with van der Waals surface area (Å²) in [5.41, 5.74) is 6.05.